The minimum absolute atomic E-state index is 0.308. The van der Waals surface area contributed by atoms with E-state index in [9.17, 15) is 4.39 Å². The Morgan fingerprint density at radius 2 is 2.13 bits per heavy atom. The third-order valence-electron chi connectivity index (χ3n) is 2.05. The predicted molar refractivity (Wildman–Crippen MR) is 56.5 cm³/mol. The number of halogens is 1. The summed E-state index contributed by atoms with van der Waals surface area (Å²) in [5.41, 5.74) is 0.814. The molecule has 0 heterocycles. The van der Waals surface area contributed by atoms with Crippen molar-refractivity contribution in [3.8, 4) is 5.75 Å². The van der Waals surface area contributed by atoms with E-state index in [-0.39, 0.29) is 5.82 Å². The van der Waals surface area contributed by atoms with Crippen molar-refractivity contribution in [2.75, 3.05) is 27.4 Å². The Morgan fingerprint density at radius 1 is 1.33 bits per heavy atom. The van der Waals surface area contributed by atoms with Crippen molar-refractivity contribution < 1.29 is 13.9 Å². The third-order valence-corrected chi connectivity index (χ3v) is 2.05. The lowest BCUT2D eigenvalue weighted by molar-refractivity contribution is 0.199. The molecular weight excluding hydrogens is 197 g/mol. The molecule has 0 bridgehead atoms. The zero-order valence-electron chi connectivity index (χ0n) is 9.05. The van der Waals surface area contributed by atoms with Gasteiger partial charge < -0.3 is 14.8 Å². The lowest BCUT2D eigenvalue weighted by atomic mass is 10.2. The van der Waals surface area contributed by atoms with Gasteiger partial charge >= 0.3 is 0 Å². The molecule has 0 aliphatic carbocycles. The number of methoxy groups -OCH3 is 2. The van der Waals surface area contributed by atoms with E-state index in [1.165, 1.54) is 13.2 Å². The highest BCUT2D eigenvalue weighted by molar-refractivity contribution is 5.34. The molecule has 0 amide bonds. The van der Waals surface area contributed by atoms with Gasteiger partial charge in [-0.1, -0.05) is 12.1 Å². The van der Waals surface area contributed by atoms with Crippen LogP contribution in [-0.2, 0) is 11.3 Å². The van der Waals surface area contributed by atoms with Crippen LogP contribution < -0.4 is 10.1 Å². The summed E-state index contributed by atoms with van der Waals surface area (Å²) in [4.78, 5) is 0. The van der Waals surface area contributed by atoms with Crippen LogP contribution in [0.2, 0.25) is 0 Å². The molecular formula is C11H16FNO2. The highest BCUT2D eigenvalue weighted by atomic mass is 19.1. The summed E-state index contributed by atoms with van der Waals surface area (Å²) >= 11 is 0. The van der Waals surface area contributed by atoms with Crippen LogP contribution in [0, 0.1) is 5.82 Å². The number of benzene rings is 1. The van der Waals surface area contributed by atoms with Crippen molar-refractivity contribution in [3.63, 3.8) is 0 Å². The zero-order chi connectivity index (χ0) is 11.1. The molecule has 15 heavy (non-hydrogen) atoms. The number of hydrogen-bond acceptors (Lipinski definition) is 3. The van der Waals surface area contributed by atoms with E-state index in [2.05, 4.69) is 5.32 Å². The van der Waals surface area contributed by atoms with E-state index in [1.54, 1.807) is 13.2 Å². The minimum atomic E-state index is -0.330. The quantitative estimate of drug-likeness (QED) is 0.728. The predicted octanol–water partition coefficient (Wildman–Crippen LogP) is 1.57. The van der Waals surface area contributed by atoms with Crippen molar-refractivity contribution in [2.45, 2.75) is 6.54 Å². The number of nitrogens with one attached hydrogen (secondary N) is 1. The molecule has 1 N–H and O–H groups in total. The van der Waals surface area contributed by atoms with Gasteiger partial charge in [-0.05, 0) is 6.07 Å². The van der Waals surface area contributed by atoms with E-state index < -0.39 is 0 Å². The summed E-state index contributed by atoms with van der Waals surface area (Å²) in [6.07, 6.45) is 0. The number of rotatable bonds is 6. The highest BCUT2D eigenvalue weighted by Gasteiger charge is 2.07. The first-order valence-corrected chi connectivity index (χ1v) is 4.80. The Balaban J connectivity index is 2.56. The molecule has 3 nitrogen and oxygen atoms in total. The number of para-hydroxylation sites is 1. The molecule has 0 fully saturated rings. The second-order valence-corrected chi connectivity index (χ2v) is 3.10. The van der Waals surface area contributed by atoms with Gasteiger partial charge in [-0.3, -0.25) is 0 Å². The fourth-order valence-electron chi connectivity index (χ4n) is 1.32. The molecule has 0 unspecified atom stereocenters. The van der Waals surface area contributed by atoms with Crippen molar-refractivity contribution in [3.05, 3.63) is 29.6 Å². The first-order chi connectivity index (χ1) is 7.29. The number of hydrogen-bond donors (Lipinski definition) is 1. The lowest BCUT2D eigenvalue weighted by Gasteiger charge is -2.09. The largest absolute Gasteiger partial charge is 0.493 e. The maximum atomic E-state index is 13.2. The van der Waals surface area contributed by atoms with Crippen molar-refractivity contribution in [1.82, 2.24) is 5.32 Å². The lowest BCUT2D eigenvalue weighted by Crippen LogP contribution is -2.19. The van der Waals surface area contributed by atoms with E-state index in [1.807, 2.05) is 6.07 Å². The molecule has 0 saturated carbocycles. The zero-order valence-corrected chi connectivity index (χ0v) is 9.05. The maximum absolute atomic E-state index is 13.2. The summed E-state index contributed by atoms with van der Waals surface area (Å²) in [6, 6.07) is 4.89. The maximum Gasteiger partial charge on any atom is 0.165 e. The monoisotopic (exact) mass is 213 g/mol. The first-order valence-electron chi connectivity index (χ1n) is 4.80. The van der Waals surface area contributed by atoms with Gasteiger partial charge in [-0.25, -0.2) is 4.39 Å². The van der Waals surface area contributed by atoms with Gasteiger partial charge in [0.05, 0.1) is 13.7 Å². The van der Waals surface area contributed by atoms with Crippen LogP contribution in [0.15, 0.2) is 18.2 Å². The fourth-order valence-corrected chi connectivity index (χ4v) is 1.32. The second-order valence-electron chi connectivity index (χ2n) is 3.10. The highest BCUT2D eigenvalue weighted by Crippen LogP contribution is 2.21. The smallest absolute Gasteiger partial charge is 0.165 e. The normalized spacial score (nSPS) is 10.3. The molecule has 0 saturated heterocycles. The summed E-state index contributed by atoms with van der Waals surface area (Å²) in [5.74, 6) is -0.0223. The SMILES string of the molecule is COCCNCc1cccc(F)c1OC. The Kier molecular flexibility index (Phi) is 5.07. The van der Waals surface area contributed by atoms with Crippen molar-refractivity contribution in [1.29, 1.82) is 0 Å². The van der Waals surface area contributed by atoms with E-state index in [4.69, 9.17) is 9.47 Å². The minimum Gasteiger partial charge on any atom is -0.493 e. The van der Waals surface area contributed by atoms with Gasteiger partial charge in [0.1, 0.15) is 0 Å². The first kappa shape index (κ1) is 11.9. The van der Waals surface area contributed by atoms with Crippen LogP contribution >= 0.6 is 0 Å². The molecule has 0 radical (unpaired) electrons. The Hall–Kier alpha value is -1.13. The summed E-state index contributed by atoms with van der Waals surface area (Å²) in [7, 11) is 3.11. The molecule has 1 rings (SSSR count). The number of ether oxygens (including phenoxy) is 2. The Labute approximate surface area is 89.2 Å². The molecule has 4 heteroatoms. The van der Waals surface area contributed by atoms with Gasteiger partial charge in [0.15, 0.2) is 11.6 Å². The second kappa shape index (κ2) is 6.37. The summed E-state index contributed by atoms with van der Waals surface area (Å²) in [6.45, 7) is 1.94. The van der Waals surface area contributed by atoms with Crippen LogP contribution in [0.25, 0.3) is 0 Å². The standard InChI is InChI=1S/C11H16FNO2/c1-14-7-6-13-8-9-4-3-5-10(12)11(9)15-2/h3-5,13H,6-8H2,1-2H3. The third kappa shape index (κ3) is 3.49. The van der Waals surface area contributed by atoms with E-state index in [0.717, 1.165) is 12.1 Å². The Morgan fingerprint density at radius 3 is 2.80 bits per heavy atom. The van der Waals surface area contributed by atoms with Gasteiger partial charge in [-0.15, -0.1) is 0 Å². The molecule has 0 aliphatic rings. The van der Waals surface area contributed by atoms with Crippen LogP contribution in [0.4, 0.5) is 4.39 Å². The molecule has 0 spiro atoms. The van der Waals surface area contributed by atoms with Gasteiger partial charge in [0.25, 0.3) is 0 Å². The molecule has 0 aliphatic heterocycles. The summed E-state index contributed by atoms with van der Waals surface area (Å²) in [5, 5.41) is 3.13. The summed E-state index contributed by atoms with van der Waals surface area (Å²) < 4.78 is 23.1. The Bertz CT molecular complexity index is 305. The fraction of sp³-hybridized carbons (Fsp3) is 0.455. The van der Waals surface area contributed by atoms with Gasteiger partial charge in [0, 0.05) is 25.8 Å². The van der Waals surface area contributed by atoms with Crippen LogP contribution in [0.1, 0.15) is 5.56 Å². The van der Waals surface area contributed by atoms with Gasteiger partial charge in [0.2, 0.25) is 0 Å². The van der Waals surface area contributed by atoms with Crippen LogP contribution in [0.5, 0.6) is 5.75 Å². The average molecular weight is 213 g/mol. The van der Waals surface area contributed by atoms with Crippen LogP contribution in [-0.4, -0.2) is 27.4 Å². The van der Waals surface area contributed by atoms with Crippen LogP contribution in [0.3, 0.4) is 0 Å². The molecule has 1 aromatic carbocycles. The van der Waals surface area contributed by atoms with Crippen molar-refractivity contribution in [2.24, 2.45) is 0 Å². The average Bonchev–Trinajstić information content (AvgIpc) is 2.24. The molecule has 1 aromatic rings. The molecule has 0 atom stereocenters. The van der Waals surface area contributed by atoms with Crippen molar-refractivity contribution >= 4 is 0 Å². The molecule has 84 valence electrons. The van der Waals surface area contributed by atoms with E-state index in [0.29, 0.717) is 18.9 Å². The van der Waals surface area contributed by atoms with E-state index >= 15 is 0 Å². The topological polar surface area (TPSA) is 30.5 Å². The molecule has 0 aromatic heterocycles. The van der Waals surface area contributed by atoms with Gasteiger partial charge in [-0.2, -0.15) is 0 Å².